The van der Waals surface area contributed by atoms with Gasteiger partial charge in [0.2, 0.25) is 0 Å². The summed E-state index contributed by atoms with van der Waals surface area (Å²) in [5.74, 6) is 0. The molecular weight excluding hydrogens is 174 g/mol. The second kappa shape index (κ2) is 5.15. The highest BCUT2D eigenvalue weighted by Crippen LogP contribution is 2.10. The van der Waals surface area contributed by atoms with Crippen molar-refractivity contribution >= 4 is 0 Å². The minimum absolute atomic E-state index is 1.04. The van der Waals surface area contributed by atoms with E-state index in [1.165, 1.54) is 12.1 Å². The Kier molecular flexibility index (Phi) is 4.14. The molecule has 1 aliphatic heterocycles. The summed E-state index contributed by atoms with van der Waals surface area (Å²) in [6.07, 6.45) is 1.25. The normalized spacial score (nSPS) is 15.7. The van der Waals surface area contributed by atoms with E-state index < -0.39 is 0 Å². The maximum absolute atomic E-state index is 4.38. The van der Waals surface area contributed by atoms with E-state index in [4.69, 9.17) is 0 Å². The molecular formula is C11H21N3. The minimum Gasteiger partial charge on any atom is -0.299 e. The smallest absolute Gasteiger partial charge is 0.0597 e. The maximum atomic E-state index is 4.38. The summed E-state index contributed by atoms with van der Waals surface area (Å²) in [6, 6.07) is 2.16. The number of aromatic nitrogens is 2. The number of nitrogens with zero attached hydrogens (tertiary/aromatic N) is 3. The molecule has 0 radical (unpaired) electrons. The van der Waals surface area contributed by atoms with Gasteiger partial charge in [-0.15, -0.1) is 0 Å². The van der Waals surface area contributed by atoms with Crippen molar-refractivity contribution in [3.63, 3.8) is 0 Å². The summed E-state index contributed by atoms with van der Waals surface area (Å²) < 4.78 is 2.11. The maximum Gasteiger partial charge on any atom is 0.0597 e. The molecule has 0 aliphatic carbocycles. The molecule has 0 amide bonds. The Hall–Kier alpha value is -0.830. The van der Waals surface area contributed by atoms with Gasteiger partial charge in [-0.2, -0.15) is 5.10 Å². The zero-order valence-corrected chi connectivity index (χ0v) is 9.75. The van der Waals surface area contributed by atoms with Gasteiger partial charge >= 0.3 is 0 Å². The van der Waals surface area contributed by atoms with Crippen LogP contribution in [0.15, 0.2) is 6.07 Å². The monoisotopic (exact) mass is 195 g/mol. The Bertz CT molecular complexity index is 278. The van der Waals surface area contributed by atoms with Crippen LogP contribution in [0, 0.1) is 6.92 Å². The Morgan fingerprint density at radius 1 is 1.36 bits per heavy atom. The number of likely N-dealkylation sites (N-methyl/N-ethyl adjacent to an activating group) is 1. The third kappa shape index (κ3) is 2.84. The van der Waals surface area contributed by atoms with Gasteiger partial charge in [-0.25, -0.2) is 0 Å². The molecule has 0 atom stereocenters. The van der Waals surface area contributed by atoms with E-state index >= 15 is 0 Å². The Labute approximate surface area is 86.7 Å². The van der Waals surface area contributed by atoms with Gasteiger partial charge in [0.1, 0.15) is 0 Å². The lowest BCUT2D eigenvalue weighted by atomic mass is 10.3. The first-order valence-corrected chi connectivity index (χ1v) is 5.39. The van der Waals surface area contributed by atoms with Crippen LogP contribution in [0.5, 0.6) is 0 Å². The Morgan fingerprint density at radius 2 is 2.00 bits per heavy atom. The van der Waals surface area contributed by atoms with E-state index in [1.54, 1.807) is 0 Å². The first-order chi connectivity index (χ1) is 6.67. The third-order valence-electron chi connectivity index (χ3n) is 2.11. The lowest BCUT2D eigenvalue weighted by Gasteiger charge is -2.22. The molecule has 0 saturated carbocycles. The molecule has 1 aromatic rings. The second-order valence-corrected chi connectivity index (χ2v) is 3.95. The van der Waals surface area contributed by atoms with Gasteiger partial charge in [0.25, 0.3) is 0 Å². The zero-order valence-electron chi connectivity index (χ0n) is 9.75. The van der Waals surface area contributed by atoms with Crippen LogP contribution in [0.4, 0.5) is 0 Å². The van der Waals surface area contributed by atoms with E-state index in [1.807, 2.05) is 6.92 Å². The molecule has 0 unspecified atom stereocenters. The molecule has 3 nitrogen and oxygen atoms in total. The van der Waals surface area contributed by atoms with Crippen LogP contribution in [0.1, 0.15) is 31.7 Å². The van der Waals surface area contributed by atoms with Crippen molar-refractivity contribution in [2.24, 2.45) is 0 Å². The molecule has 80 valence electrons. The Morgan fingerprint density at radius 3 is 2.64 bits per heavy atom. The van der Waals surface area contributed by atoms with Crippen molar-refractivity contribution in [1.82, 2.24) is 14.7 Å². The molecule has 2 heterocycles. The van der Waals surface area contributed by atoms with Crippen molar-refractivity contribution in [3.8, 4) is 0 Å². The van der Waals surface area contributed by atoms with Crippen LogP contribution in [0.2, 0.25) is 0 Å². The summed E-state index contributed by atoms with van der Waals surface area (Å²) >= 11 is 0. The molecule has 0 saturated heterocycles. The van der Waals surface area contributed by atoms with E-state index in [0.717, 1.165) is 25.3 Å². The standard InChI is InChI=1S/C8H13N3.C3H8/c1-7-5-8-6-10(2)3-4-11(8)9-7;1-3-2/h5H,3-4,6H2,1-2H3;3H2,1-2H3. The lowest BCUT2D eigenvalue weighted by molar-refractivity contribution is 0.259. The van der Waals surface area contributed by atoms with Crippen LogP contribution in [-0.2, 0) is 13.1 Å². The fourth-order valence-electron chi connectivity index (χ4n) is 1.54. The number of hydrogen-bond donors (Lipinski definition) is 0. The van der Waals surface area contributed by atoms with Crippen LogP contribution in [0.25, 0.3) is 0 Å². The Balaban J connectivity index is 0.000000293. The highest BCUT2D eigenvalue weighted by atomic mass is 15.3. The average molecular weight is 195 g/mol. The molecule has 1 aliphatic rings. The van der Waals surface area contributed by atoms with Gasteiger partial charge in [0.15, 0.2) is 0 Å². The van der Waals surface area contributed by atoms with E-state index in [0.29, 0.717) is 0 Å². The average Bonchev–Trinajstić information content (AvgIpc) is 2.45. The fourth-order valence-corrected chi connectivity index (χ4v) is 1.54. The largest absolute Gasteiger partial charge is 0.299 e. The SMILES string of the molecule is CCC.Cc1cc2n(n1)CCN(C)C2. The number of hydrogen-bond acceptors (Lipinski definition) is 2. The molecule has 0 N–H and O–H groups in total. The topological polar surface area (TPSA) is 21.1 Å². The van der Waals surface area contributed by atoms with Crippen LogP contribution in [-0.4, -0.2) is 28.3 Å². The van der Waals surface area contributed by atoms with Crippen LogP contribution < -0.4 is 0 Å². The number of fused-ring (bicyclic) bond motifs is 1. The molecule has 3 heteroatoms. The van der Waals surface area contributed by atoms with Gasteiger partial charge in [-0.1, -0.05) is 20.3 Å². The van der Waals surface area contributed by atoms with Crippen molar-refractivity contribution in [2.75, 3.05) is 13.6 Å². The fraction of sp³-hybridized carbons (Fsp3) is 0.727. The van der Waals surface area contributed by atoms with Crippen molar-refractivity contribution in [2.45, 2.75) is 40.3 Å². The van der Waals surface area contributed by atoms with Gasteiger partial charge in [0, 0.05) is 13.1 Å². The molecule has 14 heavy (non-hydrogen) atoms. The van der Waals surface area contributed by atoms with Gasteiger partial charge < -0.3 is 0 Å². The highest BCUT2D eigenvalue weighted by Gasteiger charge is 2.13. The van der Waals surface area contributed by atoms with Crippen molar-refractivity contribution < 1.29 is 0 Å². The van der Waals surface area contributed by atoms with Crippen LogP contribution in [0.3, 0.4) is 0 Å². The van der Waals surface area contributed by atoms with E-state index in [2.05, 4.69) is 41.6 Å². The molecule has 0 spiro atoms. The quantitative estimate of drug-likeness (QED) is 0.632. The van der Waals surface area contributed by atoms with E-state index in [-0.39, 0.29) is 0 Å². The van der Waals surface area contributed by atoms with Gasteiger partial charge in [0.05, 0.1) is 17.9 Å². The third-order valence-corrected chi connectivity index (χ3v) is 2.11. The predicted molar refractivity (Wildman–Crippen MR) is 59.3 cm³/mol. The predicted octanol–water partition coefficient (Wildman–Crippen LogP) is 2.05. The number of rotatable bonds is 0. The lowest BCUT2D eigenvalue weighted by Crippen LogP contribution is -2.30. The van der Waals surface area contributed by atoms with Crippen molar-refractivity contribution in [1.29, 1.82) is 0 Å². The second-order valence-electron chi connectivity index (χ2n) is 3.95. The van der Waals surface area contributed by atoms with Crippen LogP contribution >= 0.6 is 0 Å². The van der Waals surface area contributed by atoms with Gasteiger partial charge in [-0.05, 0) is 20.0 Å². The summed E-state index contributed by atoms with van der Waals surface area (Å²) in [4.78, 5) is 2.32. The first kappa shape index (κ1) is 11.2. The first-order valence-electron chi connectivity index (χ1n) is 5.39. The zero-order chi connectivity index (χ0) is 10.6. The summed E-state index contributed by atoms with van der Waals surface area (Å²) in [7, 11) is 2.14. The van der Waals surface area contributed by atoms with E-state index in [9.17, 15) is 0 Å². The summed E-state index contributed by atoms with van der Waals surface area (Å²) in [5.41, 5.74) is 2.48. The van der Waals surface area contributed by atoms with Gasteiger partial charge in [-0.3, -0.25) is 9.58 Å². The summed E-state index contributed by atoms with van der Waals surface area (Å²) in [6.45, 7) is 9.50. The van der Waals surface area contributed by atoms with Crippen molar-refractivity contribution in [3.05, 3.63) is 17.5 Å². The molecule has 0 bridgehead atoms. The molecule has 2 rings (SSSR count). The molecule has 1 aromatic heterocycles. The molecule has 0 fully saturated rings. The minimum atomic E-state index is 1.04. The number of aryl methyl sites for hydroxylation is 1. The highest BCUT2D eigenvalue weighted by molar-refractivity contribution is 5.09. The molecule has 0 aromatic carbocycles. The summed E-state index contributed by atoms with van der Waals surface area (Å²) in [5, 5.41) is 4.38.